The molecule has 0 unspecified atom stereocenters. The van der Waals surface area contributed by atoms with Crippen LogP contribution in [0.3, 0.4) is 0 Å². The van der Waals surface area contributed by atoms with Crippen LogP contribution in [0.2, 0.25) is 0 Å². The molecule has 6 heteroatoms. The standard InChI is InChI=1S/C10H7Br2N3O/c11-5-3-6-8(7(12)4-5)14-10(16)15-2-1-13-9(6)15/h3-4,13H,1-2H2. The fraction of sp³-hybridized carbons (Fsp3) is 0.200. The summed E-state index contributed by atoms with van der Waals surface area (Å²) in [5, 5.41) is 4.18. The van der Waals surface area contributed by atoms with Crippen molar-refractivity contribution in [2.45, 2.75) is 6.54 Å². The van der Waals surface area contributed by atoms with Gasteiger partial charge in [0, 0.05) is 27.4 Å². The number of halogens is 2. The molecule has 2 aromatic rings. The molecular weight excluding hydrogens is 338 g/mol. The van der Waals surface area contributed by atoms with Crippen LogP contribution in [0.5, 0.6) is 0 Å². The van der Waals surface area contributed by atoms with E-state index >= 15 is 0 Å². The van der Waals surface area contributed by atoms with Gasteiger partial charge in [0.05, 0.1) is 5.52 Å². The van der Waals surface area contributed by atoms with Gasteiger partial charge in [-0.3, -0.25) is 4.57 Å². The fourth-order valence-electron chi connectivity index (χ4n) is 1.94. The molecule has 1 aliphatic heterocycles. The topological polar surface area (TPSA) is 46.9 Å². The van der Waals surface area contributed by atoms with Crippen molar-refractivity contribution >= 4 is 48.6 Å². The van der Waals surface area contributed by atoms with Gasteiger partial charge in [-0.15, -0.1) is 0 Å². The summed E-state index contributed by atoms with van der Waals surface area (Å²) in [4.78, 5) is 15.8. The predicted octanol–water partition coefficient (Wildman–Crippen LogP) is 2.35. The van der Waals surface area contributed by atoms with Crippen LogP contribution in [-0.4, -0.2) is 16.1 Å². The van der Waals surface area contributed by atoms with Crippen LogP contribution in [-0.2, 0) is 6.54 Å². The van der Waals surface area contributed by atoms with Crippen molar-refractivity contribution in [2.75, 3.05) is 11.9 Å². The first-order chi connectivity index (χ1) is 7.66. The lowest BCUT2D eigenvalue weighted by molar-refractivity contribution is 0.750. The smallest absolute Gasteiger partial charge is 0.349 e. The Morgan fingerprint density at radius 2 is 2.19 bits per heavy atom. The summed E-state index contributed by atoms with van der Waals surface area (Å²) >= 11 is 6.86. The van der Waals surface area contributed by atoms with E-state index in [1.54, 1.807) is 4.57 Å². The van der Waals surface area contributed by atoms with Crippen LogP contribution in [0, 0.1) is 0 Å². The molecule has 16 heavy (non-hydrogen) atoms. The summed E-state index contributed by atoms with van der Waals surface area (Å²) in [5.41, 5.74) is 0.504. The quantitative estimate of drug-likeness (QED) is 0.798. The molecular formula is C10H7Br2N3O. The molecule has 82 valence electrons. The second kappa shape index (κ2) is 3.56. The van der Waals surface area contributed by atoms with E-state index < -0.39 is 0 Å². The van der Waals surface area contributed by atoms with Gasteiger partial charge in [-0.1, -0.05) is 15.9 Å². The van der Waals surface area contributed by atoms with E-state index in [9.17, 15) is 4.79 Å². The van der Waals surface area contributed by atoms with E-state index in [0.29, 0.717) is 12.1 Å². The Bertz CT molecular complexity index is 651. The molecule has 1 aromatic heterocycles. The maximum absolute atomic E-state index is 11.7. The molecule has 0 saturated carbocycles. The fourth-order valence-corrected chi connectivity index (χ4v) is 3.26. The van der Waals surface area contributed by atoms with Gasteiger partial charge < -0.3 is 5.32 Å². The Hall–Kier alpha value is -0.880. The van der Waals surface area contributed by atoms with Crippen LogP contribution < -0.4 is 11.0 Å². The summed E-state index contributed by atoms with van der Waals surface area (Å²) in [6.45, 7) is 1.46. The molecule has 1 N–H and O–H groups in total. The molecule has 0 radical (unpaired) electrons. The zero-order valence-electron chi connectivity index (χ0n) is 8.13. The minimum absolute atomic E-state index is 0.199. The molecule has 0 atom stereocenters. The van der Waals surface area contributed by atoms with E-state index in [1.165, 1.54) is 0 Å². The minimum Gasteiger partial charge on any atom is -0.369 e. The molecule has 4 nitrogen and oxygen atoms in total. The van der Waals surface area contributed by atoms with Crippen molar-refractivity contribution < 1.29 is 0 Å². The highest BCUT2D eigenvalue weighted by Gasteiger charge is 2.17. The number of anilines is 1. The van der Waals surface area contributed by atoms with Crippen LogP contribution in [0.15, 0.2) is 25.9 Å². The van der Waals surface area contributed by atoms with Crippen molar-refractivity contribution in [1.82, 2.24) is 9.55 Å². The molecule has 1 aromatic carbocycles. The second-order valence-corrected chi connectivity index (χ2v) is 5.38. The largest absolute Gasteiger partial charge is 0.369 e. The SMILES string of the molecule is O=c1nc2c(Br)cc(Br)cc2c2n1CCN2. The third-order valence-electron chi connectivity index (χ3n) is 2.62. The first kappa shape index (κ1) is 10.3. The zero-order valence-corrected chi connectivity index (χ0v) is 11.3. The van der Waals surface area contributed by atoms with Crippen molar-refractivity contribution in [3.05, 3.63) is 31.6 Å². The lowest BCUT2D eigenvalue weighted by atomic mass is 10.2. The maximum atomic E-state index is 11.7. The van der Waals surface area contributed by atoms with Gasteiger partial charge in [0.2, 0.25) is 0 Å². The molecule has 0 fully saturated rings. The van der Waals surface area contributed by atoms with Gasteiger partial charge in [0.15, 0.2) is 0 Å². The summed E-state index contributed by atoms with van der Waals surface area (Å²) in [6, 6.07) is 3.86. The van der Waals surface area contributed by atoms with Crippen molar-refractivity contribution in [3.63, 3.8) is 0 Å². The molecule has 0 saturated heterocycles. The Morgan fingerprint density at radius 1 is 1.38 bits per heavy atom. The highest BCUT2D eigenvalue weighted by Crippen LogP contribution is 2.31. The number of hydrogen-bond donors (Lipinski definition) is 1. The average molecular weight is 345 g/mol. The van der Waals surface area contributed by atoms with Crippen molar-refractivity contribution in [1.29, 1.82) is 0 Å². The second-order valence-electron chi connectivity index (χ2n) is 3.61. The Labute approximate surface area is 108 Å². The van der Waals surface area contributed by atoms with Gasteiger partial charge in [-0.2, -0.15) is 4.98 Å². The molecule has 3 rings (SSSR count). The van der Waals surface area contributed by atoms with Crippen LogP contribution in [0.1, 0.15) is 0 Å². The van der Waals surface area contributed by atoms with Gasteiger partial charge in [0.1, 0.15) is 5.82 Å². The summed E-state index contributed by atoms with van der Waals surface area (Å²) in [7, 11) is 0. The maximum Gasteiger partial charge on any atom is 0.349 e. The van der Waals surface area contributed by atoms with Gasteiger partial charge in [-0.25, -0.2) is 4.79 Å². The number of fused-ring (bicyclic) bond motifs is 3. The normalized spacial score (nSPS) is 13.9. The molecule has 0 spiro atoms. The van der Waals surface area contributed by atoms with E-state index in [1.807, 2.05) is 12.1 Å². The molecule has 0 aliphatic carbocycles. The van der Waals surface area contributed by atoms with Gasteiger partial charge in [0.25, 0.3) is 0 Å². The highest BCUT2D eigenvalue weighted by atomic mass is 79.9. The first-order valence-corrected chi connectivity index (χ1v) is 6.39. The third-order valence-corrected chi connectivity index (χ3v) is 3.68. The average Bonchev–Trinajstić information content (AvgIpc) is 2.69. The van der Waals surface area contributed by atoms with E-state index in [4.69, 9.17) is 0 Å². The first-order valence-electron chi connectivity index (χ1n) is 4.80. The summed E-state index contributed by atoms with van der Waals surface area (Å²) < 4.78 is 3.45. The zero-order chi connectivity index (χ0) is 11.3. The Balaban J connectivity index is 2.53. The van der Waals surface area contributed by atoms with E-state index in [-0.39, 0.29) is 5.69 Å². The predicted molar refractivity (Wildman–Crippen MR) is 69.9 cm³/mol. The summed E-state index contributed by atoms with van der Waals surface area (Å²) in [5.74, 6) is 0.858. The monoisotopic (exact) mass is 343 g/mol. The Morgan fingerprint density at radius 3 is 3.00 bits per heavy atom. The number of nitrogens with one attached hydrogen (secondary N) is 1. The van der Waals surface area contributed by atoms with Crippen LogP contribution >= 0.6 is 31.9 Å². The molecule has 1 aliphatic rings. The third kappa shape index (κ3) is 1.40. The number of aromatic nitrogens is 2. The van der Waals surface area contributed by atoms with Crippen LogP contribution in [0.4, 0.5) is 5.82 Å². The minimum atomic E-state index is -0.199. The van der Waals surface area contributed by atoms with Crippen molar-refractivity contribution in [3.8, 4) is 0 Å². The number of hydrogen-bond acceptors (Lipinski definition) is 3. The van der Waals surface area contributed by atoms with Gasteiger partial charge in [-0.05, 0) is 28.1 Å². The van der Waals surface area contributed by atoms with Gasteiger partial charge >= 0.3 is 5.69 Å². The van der Waals surface area contributed by atoms with Crippen molar-refractivity contribution in [2.24, 2.45) is 0 Å². The van der Waals surface area contributed by atoms with E-state index in [0.717, 1.165) is 26.7 Å². The lowest BCUT2D eigenvalue weighted by Crippen LogP contribution is -2.20. The highest BCUT2D eigenvalue weighted by molar-refractivity contribution is 9.11. The van der Waals surface area contributed by atoms with Crippen LogP contribution in [0.25, 0.3) is 10.9 Å². The molecule has 0 amide bonds. The number of nitrogens with zero attached hydrogens (tertiary/aromatic N) is 2. The molecule has 0 bridgehead atoms. The molecule has 2 heterocycles. The number of benzene rings is 1. The summed E-state index contributed by atoms with van der Waals surface area (Å²) in [6.07, 6.45) is 0. The number of rotatable bonds is 0. The Kier molecular flexibility index (Phi) is 2.29. The van der Waals surface area contributed by atoms with E-state index in [2.05, 4.69) is 42.2 Å². The lowest BCUT2D eigenvalue weighted by Gasteiger charge is -2.07.